The molecular formula is C19H25N6O5S2+. The number of rotatable bonds is 7. The molecule has 32 heavy (non-hydrogen) atoms. The summed E-state index contributed by atoms with van der Waals surface area (Å²) in [5.74, 6) is -1.71. The zero-order chi connectivity index (χ0) is 23.0. The SMILES string of the molecule is CON=C(C(=O)NC1C(=O)N2C(C(=O)O)=C(C[N+]3(C)CCCC3)CSC12)c1csc(N)n1. The van der Waals surface area contributed by atoms with Gasteiger partial charge in [0, 0.05) is 29.5 Å². The van der Waals surface area contributed by atoms with E-state index in [0.717, 1.165) is 47.3 Å². The fourth-order valence-electron chi connectivity index (χ4n) is 4.42. The maximum atomic E-state index is 12.9. The Labute approximate surface area is 192 Å². The van der Waals surface area contributed by atoms with E-state index < -0.39 is 29.2 Å². The number of carbonyl (C=O) groups is 3. The predicted octanol–water partition coefficient (Wildman–Crippen LogP) is 0.0548. The average molecular weight is 482 g/mol. The Bertz CT molecular complexity index is 1020. The van der Waals surface area contributed by atoms with Gasteiger partial charge in [0.05, 0.1) is 20.1 Å². The van der Waals surface area contributed by atoms with E-state index in [-0.39, 0.29) is 22.2 Å². The predicted molar refractivity (Wildman–Crippen MR) is 120 cm³/mol. The lowest BCUT2D eigenvalue weighted by atomic mass is 10.0. The number of nitrogens with zero attached hydrogens (tertiary/aromatic N) is 4. The highest BCUT2D eigenvalue weighted by atomic mass is 32.2. The summed E-state index contributed by atoms with van der Waals surface area (Å²) in [5.41, 5.74) is 6.59. The summed E-state index contributed by atoms with van der Waals surface area (Å²) in [5, 5.41) is 17.6. The van der Waals surface area contributed by atoms with Gasteiger partial charge in [0.15, 0.2) is 10.8 Å². The number of aromatic nitrogens is 1. The molecule has 0 radical (unpaired) electrons. The number of carboxylic acid groups (broad SMARTS) is 1. The van der Waals surface area contributed by atoms with Crippen molar-refractivity contribution in [3.8, 4) is 0 Å². The molecule has 11 nitrogen and oxygen atoms in total. The van der Waals surface area contributed by atoms with E-state index in [1.54, 1.807) is 5.38 Å². The van der Waals surface area contributed by atoms with Crippen LogP contribution < -0.4 is 11.1 Å². The third-order valence-corrected chi connectivity index (χ3v) is 7.93. The lowest BCUT2D eigenvalue weighted by Crippen LogP contribution is -2.71. The van der Waals surface area contributed by atoms with Gasteiger partial charge in [-0.2, -0.15) is 0 Å². The molecule has 13 heteroatoms. The number of hydrogen-bond donors (Lipinski definition) is 3. The van der Waals surface area contributed by atoms with Gasteiger partial charge in [0.2, 0.25) is 0 Å². The van der Waals surface area contributed by atoms with Crippen molar-refractivity contribution in [1.82, 2.24) is 15.2 Å². The van der Waals surface area contributed by atoms with Gasteiger partial charge in [0.25, 0.3) is 11.8 Å². The fourth-order valence-corrected chi connectivity index (χ4v) is 6.31. The van der Waals surface area contributed by atoms with Crippen LogP contribution in [0.3, 0.4) is 0 Å². The second-order valence-electron chi connectivity index (χ2n) is 8.24. The largest absolute Gasteiger partial charge is 0.477 e. The second kappa shape index (κ2) is 8.71. The molecule has 4 N–H and O–H groups in total. The number of thiazole rings is 1. The van der Waals surface area contributed by atoms with E-state index in [4.69, 9.17) is 10.6 Å². The van der Waals surface area contributed by atoms with E-state index in [1.807, 2.05) is 0 Å². The lowest BCUT2D eigenvalue weighted by molar-refractivity contribution is -0.893. The van der Waals surface area contributed by atoms with Crippen LogP contribution in [0.2, 0.25) is 0 Å². The molecule has 3 aliphatic heterocycles. The number of quaternary nitrogens is 1. The van der Waals surface area contributed by atoms with Crippen LogP contribution in [-0.2, 0) is 19.2 Å². The number of amides is 2. The summed E-state index contributed by atoms with van der Waals surface area (Å²) in [6.07, 6.45) is 2.24. The Morgan fingerprint density at radius 2 is 2.16 bits per heavy atom. The Morgan fingerprint density at radius 3 is 2.75 bits per heavy atom. The zero-order valence-electron chi connectivity index (χ0n) is 17.7. The van der Waals surface area contributed by atoms with E-state index in [1.165, 1.54) is 23.8 Å². The van der Waals surface area contributed by atoms with Crippen LogP contribution in [0.1, 0.15) is 18.5 Å². The highest BCUT2D eigenvalue weighted by molar-refractivity contribution is 8.00. The number of hydrogen-bond acceptors (Lipinski definition) is 9. The number of carbonyl (C=O) groups excluding carboxylic acids is 2. The molecular weight excluding hydrogens is 456 g/mol. The number of likely N-dealkylation sites (N-methyl/N-ethyl adjacent to an activating group) is 1. The van der Waals surface area contributed by atoms with E-state index in [0.29, 0.717) is 12.3 Å². The minimum atomic E-state index is -1.12. The van der Waals surface area contributed by atoms with Crippen molar-refractivity contribution in [2.45, 2.75) is 24.3 Å². The van der Waals surface area contributed by atoms with Crippen LogP contribution >= 0.6 is 23.1 Å². The first-order valence-corrected chi connectivity index (χ1v) is 12.0. The molecule has 2 saturated heterocycles. The van der Waals surface area contributed by atoms with Crippen molar-refractivity contribution in [2.75, 3.05) is 45.3 Å². The van der Waals surface area contributed by atoms with Crippen molar-refractivity contribution in [3.05, 3.63) is 22.3 Å². The maximum Gasteiger partial charge on any atom is 0.352 e. The molecule has 172 valence electrons. The molecule has 0 saturated carbocycles. The quantitative estimate of drug-likeness (QED) is 0.214. The highest BCUT2D eigenvalue weighted by Crippen LogP contribution is 2.41. The minimum Gasteiger partial charge on any atom is -0.477 e. The van der Waals surface area contributed by atoms with Crippen molar-refractivity contribution in [3.63, 3.8) is 0 Å². The summed E-state index contributed by atoms with van der Waals surface area (Å²) in [6.45, 7) is 2.61. The molecule has 4 rings (SSSR count). The van der Waals surface area contributed by atoms with E-state index in [9.17, 15) is 19.5 Å². The van der Waals surface area contributed by atoms with Crippen LogP contribution in [0.15, 0.2) is 21.8 Å². The molecule has 2 unspecified atom stereocenters. The van der Waals surface area contributed by atoms with Crippen molar-refractivity contribution in [1.29, 1.82) is 0 Å². The Kier molecular flexibility index (Phi) is 6.14. The first-order chi connectivity index (χ1) is 15.2. The van der Waals surface area contributed by atoms with E-state index in [2.05, 4.69) is 22.5 Å². The molecule has 2 amide bonds. The zero-order valence-corrected chi connectivity index (χ0v) is 19.4. The number of likely N-dealkylation sites (tertiary alicyclic amines) is 1. The molecule has 1 aromatic rings. The standard InChI is InChI=1S/C19H24N6O5S2/c1-25(5-3-4-6-25)7-10-8-31-17-13(16(27)24(17)14(10)18(28)29)22-15(26)12(23-30-2)11-9-32-19(20)21-11/h9,13,17H,3-8H2,1-2H3,(H3-,20,21,22,26,28,29)/p+1. The third kappa shape index (κ3) is 4.07. The molecule has 4 heterocycles. The van der Waals surface area contributed by atoms with Gasteiger partial charge in [-0.3, -0.25) is 14.5 Å². The third-order valence-electron chi connectivity index (χ3n) is 5.92. The number of fused-ring (bicyclic) bond motifs is 1. The minimum absolute atomic E-state index is 0.0496. The summed E-state index contributed by atoms with van der Waals surface area (Å²) in [4.78, 5) is 47.9. The molecule has 0 spiro atoms. The second-order valence-corrected chi connectivity index (χ2v) is 10.2. The van der Waals surface area contributed by atoms with Crippen LogP contribution in [0.5, 0.6) is 0 Å². The monoisotopic (exact) mass is 481 g/mol. The lowest BCUT2D eigenvalue weighted by Gasteiger charge is -2.49. The van der Waals surface area contributed by atoms with Crippen molar-refractivity contribution < 1.29 is 28.8 Å². The number of carboxylic acids is 1. The number of oxime groups is 1. The van der Waals surface area contributed by atoms with Gasteiger partial charge < -0.3 is 25.5 Å². The van der Waals surface area contributed by atoms with Crippen LogP contribution in [0.25, 0.3) is 0 Å². The number of nitrogens with one attached hydrogen (secondary N) is 1. The summed E-state index contributed by atoms with van der Waals surface area (Å²) in [6, 6.07) is -0.863. The van der Waals surface area contributed by atoms with Gasteiger partial charge in [-0.25, -0.2) is 9.78 Å². The Balaban J connectivity index is 1.52. The normalized spacial score (nSPS) is 24.8. The smallest absolute Gasteiger partial charge is 0.352 e. The van der Waals surface area contributed by atoms with Crippen molar-refractivity contribution >= 4 is 51.7 Å². The highest BCUT2D eigenvalue weighted by Gasteiger charge is 2.55. The Hall–Kier alpha value is -2.64. The summed E-state index contributed by atoms with van der Waals surface area (Å²) >= 11 is 2.61. The van der Waals surface area contributed by atoms with Crippen LogP contribution in [0.4, 0.5) is 5.13 Å². The van der Waals surface area contributed by atoms with E-state index >= 15 is 0 Å². The van der Waals surface area contributed by atoms with Gasteiger partial charge in [-0.1, -0.05) is 5.16 Å². The van der Waals surface area contributed by atoms with Crippen molar-refractivity contribution in [2.24, 2.45) is 5.16 Å². The molecule has 0 aromatic carbocycles. The first-order valence-electron chi connectivity index (χ1n) is 10.1. The number of nitrogen functional groups attached to an aromatic ring is 1. The van der Waals surface area contributed by atoms with Crippen LogP contribution in [0, 0.1) is 0 Å². The molecule has 2 atom stereocenters. The molecule has 0 aliphatic carbocycles. The van der Waals surface area contributed by atoms with Gasteiger partial charge >= 0.3 is 5.97 Å². The summed E-state index contributed by atoms with van der Waals surface area (Å²) in [7, 11) is 3.42. The average Bonchev–Trinajstić information content (AvgIpc) is 3.37. The number of β-lactam (4-membered cyclic amide) rings is 1. The topological polar surface area (TPSA) is 147 Å². The molecule has 2 fully saturated rings. The Morgan fingerprint density at radius 1 is 1.44 bits per heavy atom. The van der Waals surface area contributed by atoms with Gasteiger partial charge in [0.1, 0.15) is 36.5 Å². The van der Waals surface area contributed by atoms with Crippen LogP contribution in [-0.4, -0.2) is 93.9 Å². The summed E-state index contributed by atoms with van der Waals surface area (Å²) < 4.78 is 0.785. The number of thioether (sulfide) groups is 1. The number of aliphatic carboxylic acids is 1. The number of anilines is 1. The van der Waals surface area contributed by atoms with Gasteiger partial charge in [-0.15, -0.1) is 23.1 Å². The molecule has 3 aliphatic rings. The van der Waals surface area contributed by atoms with Gasteiger partial charge in [-0.05, 0) is 0 Å². The maximum absolute atomic E-state index is 12.9. The fraction of sp³-hybridized carbons (Fsp3) is 0.526. The molecule has 1 aromatic heterocycles. The molecule has 0 bridgehead atoms. The number of nitrogens with two attached hydrogens (primary N) is 1. The first kappa shape index (κ1) is 22.6.